The molecular formula is C33H32N6O3. The van der Waals surface area contributed by atoms with Crippen LogP contribution in [0.1, 0.15) is 22.3 Å². The standard InChI is InChI=1S/C33H32N6O3/c1-3-31(40)35-26-12-10-24(11-13-26)32(41)36-27-18-23-19-28(21-27)37-33-34-15-14-30(38-33)25-8-7-9-29(20-25)42-17-6-4-5-16-39(2)22-23/h3-4,6-15,18-21H,1,5,16-17,22H2,2H3,(H,35,40)(H,36,41)(H,34,37,38)/b6-4-. The second kappa shape index (κ2) is 13.4. The summed E-state index contributed by atoms with van der Waals surface area (Å²) in [5, 5.41) is 9.00. The van der Waals surface area contributed by atoms with E-state index in [-0.39, 0.29) is 11.8 Å². The zero-order chi connectivity index (χ0) is 29.3. The number of nitrogens with one attached hydrogen (secondary N) is 3. The summed E-state index contributed by atoms with van der Waals surface area (Å²) in [5.41, 5.74) is 5.10. The van der Waals surface area contributed by atoms with Crippen molar-refractivity contribution in [2.75, 3.05) is 36.1 Å². The average molecular weight is 561 g/mol. The number of anilines is 4. The Bertz CT molecular complexity index is 1620. The van der Waals surface area contributed by atoms with Crippen molar-refractivity contribution < 1.29 is 14.3 Å². The topological polar surface area (TPSA) is 108 Å². The molecule has 1 aliphatic rings. The molecule has 0 fully saturated rings. The molecule has 1 aromatic heterocycles. The van der Waals surface area contributed by atoms with Gasteiger partial charge in [0.05, 0.1) is 5.69 Å². The Morgan fingerprint density at radius 3 is 2.69 bits per heavy atom. The molecule has 42 heavy (non-hydrogen) atoms. The van der Waals surface area contributed by atoms with Gasteiger partial charge in [-0.25, -0.2) is 9.97 Å². The average Bonchev–Trinajstić information content (AvgIpc) is 2.99. The molecule has 3 aromatic carbocycles. The maximum atomic E-state index is 13.1. The molecule has 212 valence electrons. The summed E-state index contributed by atoms with van der Waals surface area (Å²) in [4.78, 5) is 36.1. The third kappa shape index (κ3) is 7.67. The fraction of sp³-hybridized carbons (Fsp3) is 0.152. The molecule has 0 atom stereocenters. The molecule has 9 nitrogen and oxygen atoms in total. The molecule has 0 aliphatic carbocycles. The van der Waals surface area contributed by atoms with Crippen LogP contribution >= 0.6 is 0 Å². The van der Waals surface area contributed by atoms with Crippen LogP contribution in [0.4, 0.5) is 23.0 Å². The first-order valence-corrected chi connectivity index (χ1v) is 13.6. The van der Waals surface area contributed by atoms with Crippen molar-refractivity contribution in [3.63, 3.8) is 0 Å². The summed E-state index contributed by atoms with van der Waals surface area (Å²) in [5.74, 6) is 0.619. The molecule has 3 N–H and O–H groups in total. The number of nitrogens with zero attached hydrogens (tertiary/aromatic N) is 3. The van der Waals surface area contributed by atoms with E-state index in [9.17, 15) is 9.59 Å². The molecule has 2 amide bonds. The molecule has 2 heterocycles. The van der Waals surface area contributed by atoms with Crippen LogP contribution in [0, 0.1) is 0 Å². The Morgan fingerprint density at radius 2 is 1.86 bits per heavy atom. The molecule has 1 aliphatic heterocycles. The molecule has 0 radical (unpaired) electrons. The van der Waals surface area contributed by atoms with Gasteiger partial charge in [0.1, 0.15) is 12.4 Å². The SMILES string of the molecule is C=CC(=O)Nc1ccc(C(=O)Nc2cc3cc(c2)Nc2nccc(n2)-c2cccc(c2)OC/C=C\CCN(C)C3)cc1. The number of carbonyl (C=O) groups is 2. The van der Waals surface area contributed by atoms with Gasteiger partial charge < -0.3 is 25.6 Å². The zero-order valence-corrected chi connectivity index (χ0v) is 23.3. The van der Waals surface area contributed by atoms with Crippen molar-refractivity contribution in [3.8, 4) is 17.0 Å². The van der Waals surface area contributed by atoms with Gasteiger partial charge in [0.15, 0.2) is 0 Å². The maximum Gasteiger partial charge on any atom is 0.255 e. The van der Waals surface area contributed by atoms with Crippen LogP contribution < -0.4 is 20.7 Å². The number of aromatic nitrogens is 2. The van der Waals surface area contributed by atoms with Crippen LogP contribution in [0.2, 0.25) is 0 Å². The van der Waals surface area contributed by atoms with E-state index in [0.717, 1.165) is 41.2 Å². The van der Waals surface area contributed by atoms with E-state index in [1.807, 2.05) is 54.6 Å². The lowest BCUT2D eigenvalue weighted by Gasteiger charge is -2.18. The molecule has 9 heteroatoms. The molecule has 0 spiro atoms. The number of carbonyl (C=O) groups excluding carboxylic acids is 2. The van der Waals surface area contributed by atoms with Gasteiger partial charge in [-0.1, -0.05) is 30.9 Å². The first-order chi connectivity index (χ1) is 20.4. The summed E-state index contributed by atoms with van der Waals surface area (Å²) in [6, 6.07) is 22.2. The van der Waals surface area contributed by atoms with E-state index in [2.05, 4.69) is 45.5 Å². The highest BCUT2D eigenvalue weighted by Gasteiger charge is 2.12. The minimum Gasteiger partial charge on any atom is -0.490 e. The molecule has 6 bridgehead atoms. The predicted octanol–water partition coefficient (Wildman–Crippen LogP) is 6.03. The third-order valence-corrected chi connectivity index (χ3v) is 6.54. The van der Waals surface area contributed by atoms with E-state index in [1.54, 1.807) is 30.5 Å². The maximum absolute atomic E-state index is 13.1. The first kappa shape index (κ1) is 28.3. The van der Waals surface area contributed by atoms with E-state index in [0.29, 0.717) is 36.0 Å². The highest BCUT2D eigenvalue weighted by molar-refractivity contribution is 6.05. The number of hydrogen-bond donors (Lipinski definition) is 3. The molecular weight excluding hydrogens is 528 g/mol. The number of ether oxygens (including phenoxy) is 1. The second-order valence-corrected chi connectivity index (χ2v) is 9.87. The lowest BCUT2D eigenvalue weighted by atomic mass is 10.1. The van der Waals surface area contributed by atoms with Crippen LogP contribution in [-0.2, 0) is 11.3 Å². The summed E-state index contributed by atoms with van der Waals surface area (Å²) in [6.45, 7) is 5.46. The highest BCUT2D eigenvalue weighted by atomic mass is 16.5. The van der Waals surface area contributed by atoms with Crippen LogP contribution in [-0.4, -0.2) is 46.9 Å². The van der Waals surface area contributed by atoms with Gasteiger partial charge in [0, 0.05) is 47.5 Å². The monoisotopic (exact) mass is 560 g/mol. The van der Waals surface area contributed by atoms with Crippen LogP contribution in [0.15, 0.2) is 104 Å². The zero-order valence-electron chi connectivity index (χ0n) is 23.3. The van der Waals surface area contributed by atoms with E-state index in [1.165, 1.54) is 6.08 Å². The Hall–Kier alpha value is -5.28. The highest BCUT2D eigenvalue weighted by Crippen LogP contribution is 2.26. The largest absolute Gasteiger partial charge is 0.490 e. The Kier molecular flexibility index (Phi) is 9.00. The van der Waals surface area contributed by atoms with Crippen molar-refractivity contribution in [2.24, 2.45) is 0 Å². The molecule has 0 unspecified atom stereocenters. The Labute approximate surface area is 245 Å². The summed E-state index contributed by atoms with van der Waals surface area (Å²) in [6.07, 6.45) is 7.94. The summed E-state index contributed by atoms with van der Waals surface area (Å²) < 4.78 is 5.91. The van der Waals surface area contributed by atoms with Crippen LogP contribution in [0.3, 0.4) is 0 Å². The van der Waals surface area contributed by atoms with Gasteiger partial charge in [0.2, 0.25) is 11.9 Å². The van der Waals surface area contributed by atoms with Gasteiger partial charge in [-0.2, -0.15) is 0 Å². The van der Waals surface area contributed by atoms with E-state index < -0.39 is 0 Å². The Morgan fingerprint density at radius 1 is 1.00 bits per heavy atom. The van der Waals surface area contributed by atoms with Crippen LogP contribution in [0.5, 0.6) is 5.75 Å². The quantitative estimate of drug-likeness (QED) is 0.206. The number of benzene rings is 3. The van der Waals surface area contributed by atoms with Crippen LogP contribution in [0.25, 0.3) is 11.3 Å². The van der Waals surface area contributed by atoms with Crippen molar-refractivity contribution in [3.05, 3.63) is 115 Å². The minimum atomic E-state index is -0.315. The van der Waals surface area contributed by atoms with Gasteiger partial charge in [-0.3, -0.25) is 9.59 Å². The lowest BCUT2D eigenvalue weighted by Crippen LogP contribution is -2.19. The molecule has 5 rings (SSSR count). The molecule has 0 saturated heterocycles. The number of rotatable bonds is 4. The fourth-order valence-electron chi connectivity index (χ4n) is 4.50. The minimum absolute atomic E-state index is 0.270. The van der Waals surface area contributed by atoms with Crippen molar-refractivity contribution >= 4 is 34.8 Å². The predicted molar refractivity (Wildman–Crippen MR) is 166 cm³/mol. The fourth-order valence-corrected chi connectivity index (χ4v) is 4.50. The Balaban J connectivity index is 1.42. The third-order valence-electron chi connectivity index (χ3n) is 6.54. The van der Waals surface area contributed by atoms with E-state index >= 15 is 0 Å². The smallest absolute Gasteiger partial charge is 0.255 e. The van der Waals surface area contributed by atoms with Gasteiger partial charge in [-0.15, -0.1) is 0 Å². The summed E-state index contributed by atoms with van der Waals surface area (Å²) >= 11 is 0. The van der Waals surface area contributed by atoms with Crippen molar-refractivity contribution in [1.29, 1.82) is 0 Å². The van der Waals surface area contributed by atoms with Gasteiger partial charge in [0.25, 0.3) is 5.91 Å². The van der Waals surface area contributed by atoms with Crippen molar-refractivity contribution in [1.82, 2.24) is 14.9 Å². The van der Waals surface area contributed by atoms with Gasteiger partial charge in [-0.05, 0) is 85.8 Å². The second-order valence-electron chi connectivity index (χ2n) is 9.87. The lowest BCUT2D eigenvalue weighted by molar-refractivity contribution is -0.111. The number of hydrogen-bond acceptors (Lipinski definition) is 7. The number of fused-ring (bicyclic) bond motifs is 7. The number of amides is 2. The van der Waals surface area contributed by atoms with Crippen molar-refractivity contribution in [2.45, 2.75) is 13.0 Å². The first-order valence-electron chi connectivity index (χ1n) is 13.6. The summed E-state index contributed by atoms with van der Waals surface area (Å²) in [7, 11) is 2.06. The molecule has 0 saturated carbocycles. The van der Waals surface area contributed by atoms with Gasteiger partial charge >= 0.3 is 0 Å². The van der Waals surface area contributed by atoms with E-state index in [4.69, 9.17) is 9.72 Å². The molecule has 4 aromatic rings. The normalized spacial score (nSPS) is 14.2.